The summed E-state index contributed by atoms with van der Waals surface area (Å²) in [5.74, 6) is 2.80. The van der Waals surface area contributed by atoms with Crippen LogP contribution in [0.5, 0.6) is 0 Å². The van der Waals surface area contributed by atoms with E-state index in [0.29, 0.717) is 0 Å². The van der Waals surface area contributed by atoms with Gasteiger partial charge >= 0.3 is 0 Å². The highest BCUT2D eigenvalue weighted by atomic mass is 79.9. The van der Waals surface area contributed by atoms with Crippen LogP contribution < -0.4 is 0 Å². The second-order valence-corrected chi connectivity index (χ2v) is 5.68. The Morgan fingerprint density at radius 2 is 2.13 bits per heavy atom. The number of aromatic nitrogens is 1. The molecule has 1 aromatic heterocycles. The number of hydrogen-bond donors (Lipinski definition) is 0. The van der Waals surface area contributed by atoms with Gasteiger partial charge < -0.3 is 4.42 Å². The van der Waals surface area contributed by atoms with E-state index >= 15 is 0 Å². The van der Waals surface area contributed by atoms with Gasteiger partial charge in [-0.1, -0.05) is 34.6 Å². The first kappa shape index (κ1) is 13.1. The molecule has 0 saturated heterocycles. The van der Waals surface area contributed by atoms with Crippen molar-refractivity contribution in [2.24, 2.45) is 5.92 Å². The smallest absolute Gasteiger partial charge is 0.256 e. The molecule has 0 bridgehead atoms. The fourth-order valence-electron chi connectivity index (χ4n) is 1.18. The minimum atomic E-state index is 0.772. The van der Waals surface area contributed by atoms with Gasteiger partial charge in [0.25, 0.3) is 5.22 Å². The minimum absolute atomic E-state index is 0.772. The van der Waals surface area contributed by atoms with E-state index in [4.69, 9.17) is 4.42 Å². The lowest BCUT2D eigenvalue weighted by Crippen LogP contribution is -1.96. The minimum Gasteiger partial charge on any atom is -0.437 e. The Bertz CT molecular complexity index is 281. The zero-order chi connectivity index (χ0) is 11.3. The summed E-state index contributed by atoms with van der Waals surface area (Å²) in [4.78, 5) is 4.34. The standard InChI is InChI=1S/C11H18BrNOS/c1-8(4-6-12)5-7-15-11-13-9(2)10(3)14-11/h8H,4-7H2,1-3H3. The van der Waals surface area contributed by atoms with Crippen LogP contribution in [0.15, 0.2) is 9.64 Å². The molecule has 0 aliphatic rings. The molecule has 0 aliphatic heterocycles. The van der Waals surface area contributed by atoms with Gasteiger partial charge in [0.05, 0.1) is 5.69 Å². The molecule has 1 heterocycles. The molecule has 4 heteroatoms. The molecule has 0 aromatic carbocycles. The number of halogens is 1. The van der Waals surface area contributed by atoms with E-state index in [0.717, 1.165) is 33.7 Å². The molecular formula is C11H18BrNOS. The second kappa shape index (κ2) is 6.59. The summed E-state index contributed by atoms with van der Waals surface area (Å²) in [6, 6.07) is 0. The quantitative estimate of drug-likeness (QED) is 0.580. The van der Waals surface area contributed by atoms with Crippen molar-refractivity contribution in [3.05, 3.63) is 11.5 Å². The van der Waals surface area contributed by atoms with Crippen LogP contribution in [0.3, 0.4) is 0 Å². The fraction of sp³-hybridized carbons (Fsp3) is 0.727. The molecule has 1 atom stereocenters. The lowest BCUT2D eigenvalue weighted by molar-refractivity contribution is 0.430. The Labute approximate surface area is 104 Å². The number of oxazole rings is 1. The van der Waals surface area contributed by atoms with Crippen molar-refractivity contribution in [1.82, 2.24) is 4.98 Å². The SMILES string of the molecule is Cc1nc(SCCC(C)CCBr)oc1C. The summed E-state index contributed by atoms with van der Waals surface area (Å²) >= 11 is 5.18. The van der Waals surface area contributed by atoms with Gasteiger partial charge in [-0.05, 0) is 32.6 Å². The van der Waals surface area contributed by atoms with Crippen LogP contribution in [0.4, 0.5) is 0 Å². The largest absolute Gasteiger partial charge is 0.437 e. The van der Waals surface area contributed by atoms with Crippen molar-refractivity contribution < 1.29 is 4.42 Å². The molecule has 1 unspecified atom stereocenters. The zero-order valence-corrected chi connectivity index (χ0v) is 11.9. The van der Waals surface area contributed by atoms with Gasteiger partial charge in [-0.25, -0.2) is 4.98 Å². The molecule has 0 N–H and O–H groups in total. The number of alkyl halides is 1. The average Bonchev–Trinajstić information content (AvgIpc) is 2.46. The lowest BCUT2D eigenvalue weighted by atomic mass is 10.1. The lowest BCUT2D eigenvalue weighted by Gasteiger charge is -2.06. The van der Waals surface area contributed by atoms with Crippen LogP contribution in [-0.2, 0) is 0 Å². The Morgan fingerprint density at radius 1 is 1.40 bits per heavy atom. The normalized spacial score (nSPS) is 13.1. The number of hydrogen-bond acceptors (Lipinski definition) is 3. The van der Waals surface area contributed by atoms with Crippen molar-refractivity contribution in [2.45, 2.75) is 38.8 Å². The van der Waals surface area contributed by atoms with Gasteiger partial charge in [0, 0.05) is 11.1 Å². The van der Waals surface area contributed by atoms with E-state index in [1.807, 2.05) is 13.8 Å². The summed E-state index contributed by atoms with van der Waals surface area (Å²) < 4.78 is 5.50. The number of rotatable bonds is 6. The fourth-order valence-corrected chi connectivity index (χ4v) is 3.04. The average molecular weight is 292 g/mol. The Morgan fingerprint density at radius 3 is 2.67 bits per heavy atom. The number of aryl methyl sites for hydroxylation is 2. The predicted octanol–water partition coefficient (Wildman–Crippen LogP) is 4.19. The van der Waals surface area contributed by atoms with Crippen LogP contribution in [-0.4, -0.2) is 16.1 Å². The molecule has 2 nitrogen and oxygen atoms in total. The third kappa shape index (κ3) is 4.60. The van der Waals surface area contributed by atoms with Crippen LogP contribution in [0, 0.1) is 19.8 Å². The number of thioether (sulfide) groups is 1. The van der Waals surface area contributed by atoms with E-state index in [2.05, 4.69) is 27.8 Å². The van der Waals surface area contributed by atoms with Crippen molar-refractivity contribution >= 4 is 27.7 Å². The van der Waals surface area contributed by atoms with Crippen molar-refractivity contribution in [3.8, 4) is 0 Å². The van der Waals surface area contributed by atoms with Crippen LogP contribution in [0.25, 0.3) is 0 Å². The van der Waals surface area contributed by atoms with Gasteiger partial charge in [0.1, 0.15) is 5.76 Å². The summed E-state index contributed by atoms with van der Waals surface area (Å²) in [6.45, 7) is 6.23. The third-order valence-corrected chi connectivity index (χ3v) is 3.77. The summed E-state index contributed by atoms with van der Waals surface area (Å²) in [7, 11) is 0. The van der Waals surface area contributed by atoms with E-state index < -0.39 is 0 Å². The molecule has 0 saturated carbocycles. The van der Waals surface area contributed by atoms with Gasteiger partial charge in [-0.2, -0.15) is 0 Å². The molecule has 86 valence electrons. The first-order chi connectivity index (χ1) is 7.13. The molecule has 0 aliphatic carbocycles. The monoisotopic (exact) mass is 291 g/mol. The summed E-state index contributed by atoms with van der Waals surface area (Å²) in [6.07, 6.45) is 2.46. The highest BCUT2D eigenvalue weighted by Gasteiger charge is 2.07. The first-order valence-electron chi connectivity index (χ1n) is 5.26. The van der Waals surface area contributed by atoms with E-state index in [-0.39, 0.29) is 0 Å². The van der Waals surface area contributed by atoms with Crippen LogP contribution >= 0.6 is 27.7 Å². The van der Waals surface area contributed by atoms with E-state index in [1.54, 1.807) is 11.8 Å². The molecule has 0 fully saturated rings. The Kier molecular flexibility index (Phi) is 5.75. The maximum absolute atomic E-state index is 5.50. The second-order valence-electron chi connectivity index (χ2n) is 3.84. The number of nitrogens with zero attached hydrogens (tertiary/aromatic N) is 1. The molecule has 0 radical (unpaired) electrons. The van der Waals surface area contributed by atoms with Crippen LogP contribution in [0.1, 0.15) is 31.2 Å². The van der Waals surface area contributed by atoms with Gasteiger partial charge in [-0.3, -0.25) is 0 Å². The Balaban J connectivity index is 2.25. The maximum atomic E-state index is 5.50. The molecule has 1 aromatic rings. The van der Waals surface area contributed by atoms with Gasteiger partial charge in [0.15, 0.2) is 0 Å². The van der Waals surface area contributed by atoms with Crippen LogP contribution in [0.2, 0.25) is 0 Å². The maximum Gasteiger partial charge on any atom is 0.256 e. The van der Waals surface area contributed by atoms with Crippen molar-refractivity contribution in [1.29, 1.82) is 0 Å². The molecule has 1 rings (SSSR count). The van der Waals surface area contributed by atoms with E-state index in [9.17, 15) is 0 Å². The zero-order valence-electron chi connectivity index (χ0n) is 9.55. The highest BCUT2D eigenvalue weighted by molar-refractivity contribution is 9.09. The first-order valence-corrected chi connectivity index (χ1v) is 7.37. The third-order valence-electron chi connectivity index (χ3n) is 2.45. The Hall–Kier alpha value is 0.0400. The highest BCUT2D eigenvalue weighted by Crippen LogP contribution is 2.22. The van der Waals surface area contributed by atoms with E-state index in [1.165, 1.54) is 12.8 Å². The molecular weight excluding hydrogens is 274 g/mol. The van der Waals surface area contributed by atoms with Crippen molar-refractivity contribution in [3.63, 3.8) is 0 Å². The summed E-state index contributed by atoms with van der Waals surface area (Å²) in [5.41, 5.74) is 1.01. The van der Waals surface area contributed by atoms with Gasteiger partial charge in [0.2, 0.25) is 0 Å². The molecule has 0 amide bonds. The molecule has 15 heavy (non-hydrogen) atoms. The molecule has 0 spiro atoms. The topological polar surface area (TPSA) is 26.0 Å². The summed E-state index contributed by atoms with van der Waals surface area (Å²) in [5, 5.41) is 1.91. The van der Waals surface area contributed by atoms with Gasteiger partial charge in [-0.15, -0.1) is 0 Å². The van der Waals surface area contributed by atoms with Crippen molar-refractivity contribution in [2.75, 3.05) is 11.1 Å². The predicted molar refractivity (Wildman–Crippen MR) is 68.9 cm³/mol.